The van der Waals surface area contributed by atoms with Crippen molar-refractivity contribution in [3.05, 3.63) is 34.9 Å². The summed E-state index contributed by atoms with van der Waals surface area (Å²) >= 11 is 0. The molecule has 0 fully saturated rings. The van der Waals surface area contributed by atoms with Crippen LogP contribution in [-0.4, -0.2) is 82.5 Å². The van der Waals surface area contributed by atoms with Crippen molar-refractivity contribution in [3.8, 4) is 0 Å². The number of carbonyl (C=O) groups is 4. The molecule has 0 aromatic heterocycles. The van der Waals surface area contributed by atoms with Gasteiger partial charge in [-0.2, -0.15) is 0 Å². The minimum atomic E-state index is -2.45. The Labute approximate surface area is 231 Å². The molecule has 3 unspecified atom stereocenters. The van der Waals surface area contributed by atoms with Crippen molar-refractivity contribution in [1.29, 1.82) is 0 Å². The summed E-state index contributed by atoms with van der Waals surface area (Å²) in [6, 6.07) is 0. The van der Waals surface area contributed by atoms with Gasteiger partial charge in [-0.05, 0) is 78.1 Å². The van der Waals surface area contributed by atoms with Gasteiger partial charge in [0.05, 0.1) is 14.2 Å². The molecule has 0 aromatic rings. The summed E-state index contributed by atoms with van der Waals surface area (Å²) in [5.41, 5.74) is -1.75. The smallest absolute Gasteiger partial charge is 0.341 e. The van der Waals surface area contributed by atoms with Crippen LogP contribution in [0.5, 0.6) is 0 Å². The number of allylic oxidation sites excluding steroid dienone is 4. The Morgan fingerprint density at radius 1 is 1.05 bits per heavy atom. The fourth-order valence-electron chi connectivity index (χ4n) is 4.66. The molecular formula is C29H45NO9. The van der Waals surface area contributed by atoms with Crippen molar-refractivity contribution in [2.24, 2.45) is 5.92 Å². The standard InChI is InChI=1S/C29H45NO9/c1-20(10-7-11-21(2)13-9-15-23-16-17-30(25(23)33)19-24(31)32)12-8-14-22(3)18-29(37,27(35)39-6)28(4,36)26(34)38-5/h12-13,16,22,36-37H,7-11,14-15,17-19H2,1-6H3,(H,31,32). The second-order valence-corrected chi connectivity index (χ2v) is 10.6. The highest BCUT2D eigenvalue weighted by molar-refractivity contribution is 5.97. The highest BCUT2D eigenvalue weighted by Crippen LogP contribution is 2.33. The van der Waals surface area contributed by atoms with Gasteiger partial charge >= 0.3 is 17.9 Å². The number of methoxy groups -OCH3 is 2. The first kappa shape index (κ1) is 34.0. The highest BCUT2D eigenvalue weighted by Gasteiger charge is 2.58. The van der Waals surface area contributed by atoms with Gasteiger partial charge in [-0.3, -0.25) is 9.59 Å². The Balaban J connectivity index is 2.47. The first-order chi connectivity index (χ1) is 18.2. The molecule has 1 amide bonds. The molecule has 0 spiro atoms. The third-order valence-corrected chi connectivity index (χ3v) is 7.20. The van der Waals surface area contributed by atoms with Crippen LogP contribution < -0.4 is 0 Å². The molecule has 0 saturated carbocycles. The third-order valence-electron chi connectivity index (χ3n) is 7.20. The van der Waals surface area contributed by atoms with Crippen molar-refractivity contribution < 1.29 is 44.0 Å². The Morgan fingerprint density at radius 3 is 2.15 bits per heavy atom. The molecule has 1 aliphatic heterocycles. The summed E-state index contributed by atoms with van der Waals surface area (Å²) < 4.78 is 9.23. The number of carboxylic acids is 1. The molecule has 0 bridgehead atoms. The van der Waals surface area contributed by atoms with Crippen molar-refractivity contribution >= 4 is 23.8 Å². The number of hydrogen-bond acceptors (Lipinski definition) is 8. The highest BCUT2D eigenvalue weighted by atomic mass is 16.6. The molecule has 10 heteroatoms. The van der Waals surface area contributed by atoms with E-state index in [2.05, 4.69) is 35.5 Å². The maximum Gasteiger partial charge on any atom is 0.341 e. The normalized spacial score (nSPS) is 18.2. The minimum absolute atomic E-state index is 0.168. The second-order valence-electron chi connectivity index (χ2n) is 10.6. The Kier molecular flexibility index (Phi) is 13.6. The van der Waals surface area contributed by atoms with Crippen LogP contribution in [0.3, 0.4) is 0 Å². The van der Waals surface area contributed by atoms with Crippen LogP contribution in [0, 0.1) is 5.92 Å². The average molecular weight is 552 g/mol. The second kappa shape index (κ2) is 15.6. The molecule has 10 nitrogen and oxygen atoms in total. The van der Waals surface area contributed by atoms with Gasteiger partial charge in [-0.1, -0.05) is 36.3 Å². The van der Waals surface area contributed by atoms with Crippen LogP contribution in [0.25, 0.3) is 0 Å². The van der Waals surface area contributed by atoms with Crippen molar-refractivity contribution in [2.75, 3.05) is 27.3 Å². The first-order valence-electron chi connectivity index (χ1n) is 13.3. The van der Waals surface area contributed by atoms with Gasteiger partial charge in [0.1, 0.15) is 6.54 Å². The van der Waals surface area contributed by atoms with Crippen molar-refractivity contribution in [3.63, 3.8) is 0 Å². The largest absolute Gasteiger partial charge is 0.480 e. The number of aliphatic carboxylic acids is 1. The molecule has 220 valence electrons. The minimum Gasteiger partial charge on any atom is -0.480 e. The summed E-state index contributed by atoms with van der Waals surface area (Å²) in [7, 11) is 2.15. The van der Waals surface area contributed by atoms with Crippen LogP contribution in [0.2, 0.25) is 0 Å². The van der Waals surface area contributed by atoms with Gasteiger partial charge in [-0.25, -0.2) is 9.59 Å². The van der Waals surface area contributed by atoms with E-state index in [1.54, 1.807) is 6.08 Å². The van der Waals surface area contributed by atoms with E-state index in [-0.39, 0.29) is 24.8 Å². The fourth-order valence-corrected chi connectivity index (χ4v) is 4.66. The molecule has 1 aliphatic rings. The van der Waals surface area contributed by atoms with E-state index >= 15 is 0 Å². The number of aliphatic hydroxyl groups is 2. The zero-order valence-electron chi connectivity index (χ0n) is 24.1. The maximum atomic E-state index is 12.3. The summed E-state index contributed by atoms with van der Waals surface area (Å²) in [5, 5.41) is 30.4. The van der Waals surface area contributed by atoms with Crippen LogP contribution in [-0.2, 0) is 28.7 Å². The molecule has 3 atom stereocenters. The number of hydrogen-bond donors (Lipinski definition) is 3. The lowest BCUT2D eigenvalue weighted by molar-refractivity contribution is -0.210. The number of amides is 1. The lowest BCUT2D eigenvalue weighted by Crippen LogP contribution is -2.63. The monoisotopic (exact) mass is 551 g/mol. The summed E-state index contributed by atoms with van der Waals surface area (Å²) in [4.78, 5) is 48.6. The molecule has 0 aromatic carbocycles. The molecule has 0 aliphatic carbocycles. The predicted molar refractivity (Wildman–Crippen MR) is 146 cm³/mol. The van der Waals surface area contributed by atoms with Gasteiger partial charge in [-0.15, -0.1) is 0 Å². The van der Waals surface area contributed by atoms with E-state index in [0.29, 0.717) is 31.4 Å². The number of ether oxygens (including phenoxy) is 2. The van der Waals surface area contributed by atoms with Crippen molar-refractivity contribution in [2.45, 2.75) is 90.3 Å². The Bertz CT molecular complexity index is 979. The fraction of sp³-hybridized carbons (Fsp3) is 0.655. The number of rotatable bonds is 17. The number of carboxylic acid groups (broad SMARTS) is 1. The van der Waals surface area contributed by atoms with Crippen molar-refractivity contribution in [1.82, 2.24) is 4.90 Å². The summed E-state index contributed by atoms with van der Waals surface area (Å²) in [5.74, 6) is -3.61. The van der Waals surface area contributed by atoms with Gasteiger partial charge < -0.3 is 29.7 Å². The van der Waals surface area contributed by atoms with E-state index in [0.717, 1.165) is 46.8 Å². The number of esters is 2. The van der Waals surface area contributed by atoms with Gasteiger partial charge in [0, 0.05) is 12.1 Å². The predicted octanol–water partition coefficient (Wildman–Crippen LogP) is 3.32. The molecule has 39 heavy (non-hydrogen) atoms. The average Bonchev–Trinajstić information content (AvgIpc) is 3.20. The van der Waals surface area contributed by atoms with Crippen LogP contribution >= 0.6 is 0 Å². The zero-order chi connectivity index (χ0) is 29.8. The van der Waals surface area contributed by atoms with E-state index in [9.17, 15) is 29.4 Å². The molecule has 0 saturated heterocycles. The lowest BCUT2D eigenvalue weighted by atomic mass is 9.77. The number of nitrogens with zero attached hydrogens (tertiary/aromatic N) is 1. The zero-order valence-corrected chi connectivity index (χ0v) is 24.1. The molecule has 3 N–H and O–H groups in total. The first-order valence-corrected chi connectivity index (χ1v) is 13.3. The molecular weight excluding hydrogens is 506 g/mol. The van der Waals surface area contributed by atoms with E-state index in [1.807, 2.05) is 6.92 Å². The van der Waals surface area contributed by atoms with Gasteiger partial charge in [0.2, 0.25) is 11.5 Å². The molecule has 1 rings (SSSR count). The van der Waals surface area contributed by atoms with Gasteiger partial charge in [0.25, 0.3) is 0 Å². The summed E-state index contributed by atoms with van der Waals surface area (Å²) in [6.07, 6.45) is 11.4. The Hall–Kier alpha value is -2.98. The Morgan fingerprint density at radius 2 is 1.62 bits per heavy atom. The lowest BCUT2D eigenvalue weighted by Gasteiger charge is -2.37. The summed E-state index contributed by atoms with van der Waals surface area (Å²) in [6.45, 7) is 7.08. The van der Waals surface area contributed by atoms with E-state index in [1.165, 1.54) is 16.0 Å². The third kappa shape index (κ3) is 9.93. The van der Waals surface area contributed by atoms with Crippen LogP contribution in [0.1, 0.15) is 79.1 Å². The quantitative estimate of drug-likeness (QED) is 0.183. The topological polar surface area (TPSA) is 151 Å². The molecule has 1 heterocycles. The van der Waals surface area contributed by atoms with Crippen LogP contribution in [0.15, 0.2) is 34.9 Å². The number of carbonyl (C=O) groups excluding carboxylic acids is 3. The van der Waals surface area contributed by atoms with E-state index in [4.69, 9.17) is 5.11 Å². The maximum absolute atomic E-state index is 12.3. The van der Waals surface area contributed by atoms with E-state index < -0.39 is 29.1 Å². The van der Waals surface area contributed by atoms with Gasteiger partial charge in [0.15, 0.2) is 5.60 Å². The molecule has 0 radical (unpaired) electrons. The van der Waals surface area contributed by atoms with Crippen LogP contribution in [0.4, 0.5) is 0 Å². The SMILES string of the molecule is COC(=O)C(C)(O)C(O)(CC(C)CCC=C(C)CCCC(C)=CCCC1=CCN(CC(=O)O)C1=O)C(=O)OC.